The highest BCUT2D eigenvalue weighted by atomic mass is 16.2. The lowest BCUT2D eigenvalue weighted by Crippen LogP contribution is -2.42. The summed E-state index contributed by atoms with van der Waals surface area (Å²) in [5, 5.41) is 2.85. The molecule has 2 aromatic rings. The Kier molecular flexibility index (Phi) is 4.26. The highest BCUT2D eigenvalue weighted by Gasteiger charge is 2.59. The number of allylic oxidation sites excluding steroid dienone is 2. The number of aryl methyl sites for hydroxylation is 2. The number of nitrogens with one attached hydrogen (secondary N) is 1. The Morgan fingerprint density at radius 1 is 1.14 bits per heavy atom. The van der Waals surface area contributed by atoms with Crippen LogP contribution in [0.1, 0.15) is 18.7 Å². The van der Waals surface area contributed by atoms with Gasteiger partial charge in [-0.25, -0.2) is 4.98 Å². The molecule has 2 heterocycles. The normalized spacial score (nSPS) is 27.3. The summed E-state index contributed by atoms with van der Waals surface area (Å²) in [6.07, 6.45) is 5.76. The van der Waals surface area contributed by atoms with E-state index in [-0.39, 0.29) is 47.9 Å². The SMILES string of the molecule is Cc1nc2ccccc2n1CCCNC(=O)CN1C(=O)C2C3C=CC(C3)C2C1=O. The van der Waals surface area contributed by atoms with Crippen LogP contribution < -0.4 is 5.32 Å². The largest absolute Gasteiger partial charge is 0.354 e. The van der Waals surface area contributed by atoms with E-state index >= 15 is 0 Å². The van der Waals surface area contributed by atoms with E-state index in [1.54, 1.807) is 0 Å². The minimum Gasteiger partial charge on any atom is -0.354 e. The van der Waals surface area contributed by atoms with Gasteiger partial charge in [0.15, 0.2) is 0 Å². The van der Waals surface area contributed by atoms with Crippen molar-refractivity contribution in [2.45, 2.75) is 26.3 Å². The monoisotopic (exact) mass is 392 g/mol. The summed E-state index contributed by atoms with van der Waals surface area (Å²) in [6.45, 7) is 3.03. The van der Waals surface area contributed by atoms with Gasteiger partial charge < -0.3 is 9.88 Å². The Morgan fingerprint density at radius 2 is 1.83 bits per heavy atom. The lowest BCUT2D eigenvalue weighted by Gasteiger charge is -2.17. The molecule has 1 aliphatic heterocycles. The molecule has 7 nitrogen and oxygen atoms in total. The summed E-state index contributed by atoms with van der Waals surface area (Å²) < 4.78 is 2.14. The quantitative estimate of drug-likeness (QED) is 0.460. The molecule has 4 atom stereocenters. The Bertz CT molecular complexity index is 1010. The first-order valence-electron chi connectivity index (χ1n) is 10.3. The zero-order chi connectivity index (χ0) is 20.1. The van der Waals surface area contributed by atoms with Crippen LogP contribution in [0.15, 0.2) is 36.4 Å². The van der Waals surface area contributed by atoms with E-state index in [0.717, 1.165) is 36.2 Å². The molecular weight excluding hydrogens is 368 g/mol. The molecule has 2 fully saturated rings. The summed E-state index contributed by atoms with van der Waals surface area (Å²) >= 11 is 0. The summed E-state index contributed by atoms with van der Waals surface area (Å²) in [5.74, 6) is 0.163. The highest BCUT2D eigenvalue weighted by molar-refractivity contribution is 6.08. The molecule has 0 radical (unpaired) electrons. The number of fused-ring (bicyclic) bond motifs is 6. The second-order valence-electron chi connectivity index (χ2n) is 8.27. The van der Waals surface area contributed by atoms with E-state index in [1.165, 1.54) is 4.90 Å². The summed E-state index contributed by atoms with van der Waals surface area (Å²) in [5.41, 5.74) is 2.05. The van der Waals surface area contributed by atoms with Crippen molar-refractivity contribution in [2.24, 2.45) is 23.7 Å². The molecule has 150 valence electrons. The second kappa shape index (κ2) is 6.83. The molecule has 1 saturated carbocycles. The number of imidazole rings is 1. The van der Waals surface area contributed by atoms with Crippen molar-refractivity contribution in [1.82, 2.24) is 19.8 Å². The highest BCUT2D eigenvalue weighted by Crippen LogP contribution is 2.52. The third-order valence-corrected chi connectivity index (χ3v) is 6.59. The van der Waals surface area contributed by atoms with E-state index < -0.39 is 0 Å². The molecule has 1 saturated heterocycles. The maximum atomic E-state index is 12.7. The van der Waals surface area contributed by atoms with Crippen molar-refractivity contribution >= 4 is 28.8 Å². The molecule has 1 aromatic heterocycles. The third-order valence-electron chi connectivity index (χ3n) is 6.59. The van der Waals surface area contributed by atoms with Gasteiger partial charge in [0.05, 0.1) is 22.9 Å². The van der Waals surface area contributed by atoms with Crippen molar-refractivity contribution in [1.29, 1.82) is 0 Å². The number of hydrogen-bond donors (Lipinski definition) is 1. The van der Waals surface area contributed by atoms with Gasteiger partial charge in [0.1, 0.15) is 12.4 Å². The van der Waals surface area contributed by atoms with Crippen molar-refractivity contribution in [2.75, 3.05) is 13.1 Å². The van der Waals surface area contributed by atoms with Crippen LogP contribution in [0.25, 0.3) is 11.0 Å². The first-order valence-corrected chi connectivity index (χ1v) is 10.3. The summed E-state index contributed by atoms with van der Waals surface area (Å²) in [7, 11) is 0. The molecule has 3 aliphatic rings. The Hall–Kier alpha value is -2.96. The number of rotatable bonds is 6. The van der Waals surface area contributed by atoms with Gasteiger partial charge in [-0.2, -0.15) is 0 Å². The Labute approximate surface area is 168 Å². The van der Waals surface area contributed by atoms with Gasteiger partial charge in [-0.1, -0.05) is 24.3 Å². The molecule has 5 rings (SSSR count). The fourth-order valence-electron chi connectivity index (χ4n) is 5.26. The molecule has 2 aliphatic carbocycles. The molecule has 2 bridgehead atoms. The van der Waals surface area contributed by atoms with E-state index in [9.17, 15) is 14.4 Å². The Balaban J connectivity index is 1.14. The van der Waals surface area contributed by atoms with Crippen LogP contribution in [-0.4, -0.2) is 45.3 Å². The first-order chi connectivity index (χ1) is 14.0. The van der Waals surface area contributed by atoms with Gasteiger partial charge in [0.25, 0.3) is 0 Å². The van der Waals surface area contributed by atoms with E-state index in [4.69, 9.17) is 0 Å². The molecular formula is C22H24N4O3. The lowest BCUT2D eigenvalue weighted by molar-refractivity contribution is -0.144. The smallest absolute Gasteiger partial charge is 0.240 e. The number of carbonyl (C=O) groups excluding carboxylic acids is 3. The maximum Gasteiger partial charge on any atom is 0.240 e. The van der Waals surface area contributed by atoms with E-state index in [1.807, 2.05) is 31.2 Å². The van der Waals surface area contributed by atoms with Crippen LogP contribution in [0.3, 0.4) is 0 Å². The maximum absolute atomic E-state index is 12.7. The average Bonchev–Trinajstić information content (AvgIpc) is 3.45. The molecule has 7 heteroatoms. The predicted octanol–water partition coefficient (Wildman–Crippen LogP) is 1.66. The van der Waals surface area contributed by atoms with Crippen molar-refractivity contribution in [3.63, 3.8) is 0 Å². The fraction of sp³-hybridized carbons (Fsp3) is 0.455. The van der Waals surface area contributed by atoms with Crippen LogP contribution in [0.2, 0.25) is 0 Å². The first kappa shape index (κ1) is 18.1. The molecule has 29 heavy (non-hydrogen) atoms. The molecule has 4 unspecified atom stereocenters. The summed E-state index contributed by atoms with van der Waals surface area (Å²) in [4.78, 5) is 43.4. The number of hydrogen-bond acceptors (Lipinski definition) is 4. The number of benzene rings is 1. The van der Waals surface area contributed by atoms with Crippen LogP contribution in [-0.2, 0) is 20.9 Å². The zero-order valence-electron chi connectivity index (χ0n) is 16.4. The average molecular weight is 392 g/mol. The minimum absolute atomic E-state index is 0.169. The van der Waals surface area contributed by atoms with Crippen LogP contribution in [0.5, 0.6) is 0 Å². The number of amides is 3. The predicted molar refractivity (Wildman–Crippen MR) is 107 cm³/mol. The fourth-order valence-corrected chi connectivity index (χ4v) is 5.26. The van der Waals surface area contributed by atoms with Gasteiger partial charge in [-0.3, -0.25) is 19.3 Å². The van der Waals surface area contributed by atoms with Crippen molar-refractivity contribution < 1.29 is 14.4 Å². The lowest BCUT2D eigenvalue weighted by atomic mass is 9.85. The molecule has 1 N–H and O–H groups in total. The van der Waals surface area contributed by atoms with Crippen LogP contribution in [0.4, 0.5) is 0 Å². The van der Waals surface area contributed by atoms with Gasteiger partial charge in [-0.05, 0) is 43.7 Å². The van der Waals surface area contributed by atoms with Crippen LogP contribution in [0, 0.1) is 30.6 Å². The van der Waals surface area contributed by atoms with Crippen molar-refractivity contribution in [3.05, 3.63) is 42.2 Å². The van der Waals surface area contributed by atoms with Gasteiger partial charge in [0.2, 0.25) is 17.7 Å². The topological polar surface area (TPSA) is 84.3 Å². The standard InChI is InChI=1S/C22H24N4O3/c1-13-24-16-5-2-3-6-17(16)25(13)10-4-9-23-18(27)12-26-21(28)19-14-7-8-15(11-14)20(19)22(26)29/h2-3,5-8,14-15,19-20H,4,9-12H2,1H3,(H,23,27). The third kappa shape index (κ3) is 2.87. The van der Waals surface area contributed by atoms with Crippen molar-refractivity contribution in [3.8, 4) is 0 Å². The number of nitrogens with zero attached hydrogens (tertiary/aromatic N) is 3. The number of likely N-dealkylation sites (tertiary alicyclic amines) is 1. The number of para-hydroxylation sites is 2. The Morgan fingerprint density at radius 3 is 2.55 bits per heavy atom. The van der Waals surface area contributed by atoms with Gasteiger partial charge in [-0.15, -0.1) is 0 Å². The molecule has 0 spiro atoms. The van der Waals surface area contributed by atoms with Crippen LogP contribution >= 0.6 is 0 Å². The molecule has 3 amide bonds. The zero-order valence-corrected chi connectivity index (χ0v) is 16.4. The molecule has 1 aromatic carbocycles. The summed E-state index contributed by atoms with van der Waals surface area (Å²) in [6, 6.07) is 7.98. The van der Waals surface area contributed by atoms with Gasteiger partial charge in [0, 0.05) is 13.1 Å². The second-order valence-corrected chi connectivity index (χ2v) is 8.27. The number of carbonyl (C=O) groups is 3. The van der Waals surface area contributed by atoms with E-state index in [2.05, 4.69) is 27.0 Å². The van der Waals surface area contributed by atoms with E-state index in [0.29, 0.717) is 6.54 Å². The van der Waals surface area contributed by atoms with Gasteiger partial charge >= 0.3 is 0 Å². The number of imide groups is 1. The number of aromatic nitrogens is 2. The minimum atomic E-state index is -0.279.